The molecule has 0 saturated carbocycles. The van der Waals surface area contributed by atoms with E-state index in [1.807, 2.05) is 6.20 Å². The molecule has 0 aliphatic heterocycles. The van der Waals surface area contributed by atoms with Crippen LogP contribution in [0.4, 0.5) is 0 Å². The van der Waals surface area contributed by atoms with Crippen molar-refractivity contribution in [3.8, 4) is 0 Å². The Balaban J connectivity index is 2.92. The standard InChI is InChI=1S/C15H24N2/c1-6-11(3)9-14(16-7-2)15-13(5)8-12(4)10-17-15/h8,10,14,16H,3,6-7,9H2,1-2,4-5H3. The molecule has 2 nitrogen and oxygen atoms in total. The summed E-state index contributed by atoms with van der Waals surface area (Å²) >= 11 is 0. The molecular formula is C15H24N2. The number of aryl methyl sites for hydroxylation is 2. The van der Waals surface area contributed by atoms with Crippen LogP contribution in [0.2, 0.25) is 0 Å². The average molecular weight is 232 g/mol. The van der Waals surface area contributed by atoms with Crippen molar-refractivity contribution in [2.24, 2.45) is 0 Å². The summed E-state index contributed by atoms with van der Waals surface area (Å²) in [6.45, 7) is 13.6. The number of nitrogens with one attached hydrogen (secondary N) is 1. The minimum Gasteiger partial charge on any atom is -0.309 e. The van der Waals surface area contributed by atoms with Crippen molar-refractivity contribution in [1.29, 1.82) is 0 Å². The molecule has 2 heteroatoms. The van der Waals surface area contributed by atoms with Gasteiger partial charge < -0.3 is 5.32 Å². The lowest BCUT2D eigenvalue weighted by atomic mass is 9.99. The Bertz CT molecular complexity index is 383. The van der Waals surface area contributed by atoms with Gasteiger partial charge in [-0.25, -0.2) is 0 Å². The molecule has 1 unspecified atom stereocenters. The van der Waals surface area contributed by atoms with Gasteiger partial charge in [-0.3, -0.25) is 4.98 Å². The van der Waals surface area contributed by atoms with E-state index in [0.717, 1.165) is 25.1 Å². The quantitative estimate of drug-likeness (QED) is 0.756. The Hall–Kier alpha value is -1.15. The maximum absolute atomic E-state index is 4.58. The molecule has 1 aromatic rings. The lowest BCUT2D eigenvalue weighted by Gasteiger charge is -2.20. The zero-order valence-electron chi connectivity index (χ0n) is 11.5. The van der Waals surface area contributed by atoms with Gasteiger partial charge in [0.05, 0.1) is 11.7 Å². The first-order valence-electron chi connectivity index (χ1n) is 6.41. The molecule has 0 radical (unpaired) electrons. The van der Waals surface area contributed by atoms with E-state index in [2.05, 4.69) is 50.6 Å². The van der Waals surface area contributed by atoms with Crippen LogP contribution >= 0.6 is 0 Å². The first-order valence-corrected chi connectivity index (χ1v) is 6.41. The number of hydrogen-bond acceptors (Lipinski definition) is 2. The Labute approximate surface area is 105 Å². The molecule has 1 heterocycles. The first kappa shape index (κ1) is 13.9. The van der Waals surface area contributed by atoms with Crippen LogP contribution in [0.15, 0.2) is 24.4 Å². The molecule has 0 aliphatic carbocycles. The van der Waals surface area contributed by atoms with Crippen molar-refractivity contribution in [3.05, 3.63) is 41.2 Å². The summed E-state index contributed by atoms with van der Waals surface area (Å²) in [7, 11) is 0. The molecule has 0 spiro atoms. The predicted octanol–water partition coefficient (Wildman–Crippen LogP) is 3.71. The monoisotopic (exact) mass is 232 g/mol. The zero-order valence-corrected chi connectivity index (χ0v) is 11.5. The Morgan fingerprint density at radius 1 is 1.41 bits per heavy atom. The van der Waals surface area contributed by atoms with Crippen molar-refractivity contribution in [2.45, 2.75) is 46.6 Å². The number of aromatic nitrogens is 1. The van der Waals surface area contributed by atoms with Gasteiger partial charge in [0.25, 0.3) is 0 Å². The van der Waals surface area contributed by atoms with Gasteiger partial charge in [0.2, 0.25) is 0 Å². The summed E-state index contributed by atoms with van der Waals surface area (Å²) in [6.07, 6.45) is 3.95. The van der Waals surface area contributed by atoms with E-state index in [9.17, 15) is 0 Å². The highest BCUT2D eigenvalue weighted by Gasteiger charge is 2.14. The molecule has 1 aromatic heterocycles. The normalized spacial score (nSPS) is 12.5. The molecule has 1 atom stereocenters. The molecule has 0 aromatic carbocycles. The fraction of sp³-hybridized carbons (Fsp3) is 0.533. The number of pyridine rings is 1. The minimum atomic E-state index is 0.299. The molecule has 17 heavy (non-hydrogen) atoms. The smallest absolute Gasteiger partial charge is 0.0605 e. The fourth-order valence-electron chi connectivity index (χ4n) is 2.04. The van der Waals surface area contributed by atoms with Crippen LogP contribution < -0.4 is 5.32 Å². The predicted molar refractivity (Wildman–Crippen MR) is 74.2 cm³/mol. The summed E-state index contributed by atoms with van der Waals surface area (Å²) in [5.74, 6) is 0. The van der Waals surface area contributed by atoms with Gasteiger partial charge in [-0.15, -0.1) is 0 Å². The topological polar surface area (TPSA) is 24.9 Å². The molecule has 1 rings (SSSR count). The second-order valence-corrected chi connectivity index (χ2v) is 4.63. The van der Waals surface area contributed by atoms with Crippen LogP contribution in [0, 0.1) is 13.8 Å². The molecular weight excluding hydrogens is 208 g/mol. The van der Waals surface area contributed by atoms with Crippen LogP contribution in [-0.4, -0.2) is 11.5 Å². The Morgan fingerprint density at radius 3 is 2.65 bits per heavy atom. The third-order valence-electron chi connectivity index (χ3n) is 3.03. The van der Waals surface area contributed by atoms with E-state index in [1.165, 1.54) is 16.7 Å². The highest BCUT2D eigenvalue weighted by Crippen LogP contribution is 2.23. The van der Waals surface area contributed by atoms with Crippen molar-refractivity contribution in [3.63, 3.8) is 0 Å². The molecule has 0 bridgehead atoms. The van der Waals surface area contributed by atoms with E-state index in [0.29, 0.717) is 6.04 Å². The summed E-state index contributed by atoms with van der Waals surface area (Å²) < 4.78 is 0. The average Bonchev–Trinajstić information content (AvgIpc) is 2.28. The molecule has 0 fully saturated rings. The molecule has 0 aliphatic rings. The van der Waals surface area contributed by atoms with Gasteiger partial charge in [0.1, 0.15) is 0 Å². The highest BCUT2D eigenvalue weighted by molar-refractivity contribution is 5.26. The second-order valence-electron chi connectivity index (χ2n) is 4.63. The van der Waals surface area contributed by atoms with Crippen LogP contribution in [0.3, 0.4) is 0 Å². The highest BCUT2D eigenvalue weighted by atomic mass is 14.9. The summed E-state index contributed by atoms with van der Waals surface area (Å²) in [4.78, 5) is 4.58. The summed E-state index contributed by atoms with van der Waals surface area (Å²) in [5.41, 5.74) is 4.92. The maximum Gasteiger partial charge on any atom is 0.0605 e. The lowest BCUT2D eigenvalue weighted by molar-refractivity contribution is 0.527. The van der Waals surface area contributed by atoms with Gasteiger partial charge >= 0.3 is 0 Å². The van der Waals surface area contributed by atoms with Gasteiger partial charge in [-0.1, -0.05) is 32.1 Å². The van der Waals surface area contributed by atoms with Gasteiger partial charge in [0.15, 0.2) is 0 Å². The SMILES string of the molecule is C=C(CC)CC(NCC)c1ncc(C)cc1C. The number of nitrogens with zero attached hydrogens (tertiary/aromatic N) is 1. The number of rotatable bonds is 6. The van der Waals surface area contributed by atoms with Crippen molar-refractivity contribution < 1.29 is 0 Å². The minimum absolute atomic E-state index is 0.299. The van der Waals surface area contributed by atoms with Gasteiger partial charge in [0, 0.05) is 6.20 Å². The van der Waals surface area contributed by atoms with Crippen molar-refractivity contribution in [1.82, 2.24) is 10.3 Å². The van der Waals surface area contributed by atoms with Crippen LogP contribution in [0.1, 0.15) is 49.6 Å². The summed E-state index contributed by atoms with van der Waals surface area (Å²) in [6, 6.07) is 2.49. The van der Waals surface area contributed by atoms with Gasteiger partial charge in [-0.05, 0) is 44.4 Å². The molecule has 94 valence electrons. The fourth-order valence-corrected chi connectivity index (χ4v) is 2.04. The number of hydrogen-bond donors (Lipinski definition) is 1. The van der Waals surface area contributed by atoms with Crippen LogP contribution in [0.5, 0.6) is 0 Å². The van der Waals surface area contributed by atoms with E-state index in [-0.39, 0.29) is 0 Å². The van der Waals surface area contributed by atoms with E-state index in [4.69, 9.17) is 0 Å². The van der Waals surface area contributed by atoms with Crippen LogP contribution in [0.25, 0.3) is 0 Å². The molecule has 0 saturated heterocycles. The largest absolute Gasteiger partial charge is 0.309 e. The van der Waals surface area contributed by atoms with Crippen LogP contribution in [-0.2, 0) is 0 Å². The van der Waals surface area contributed by atoms with E-state index >= 15 is 0 Å². The second kappa shape index (κ2) is 6.55. The summed E-state index contributed by atoms with van der Waals surface area (Å²) in [5, 5.41) is 3.50. The molecule has 0 amide bonds. The third kappa shape index (κ3) is 3.97. The Kier molecular flexibility index (Phi) is 5.36. The van der Waals surface area contributed by atoms with E-state index in [1.54, 1.807) is 0 Å². The maximum atomic E-state index is 4.58. The third-order valence-corrected chi connectivity index (χ3v) is 3.03. The van der Waals surface area contributed by atoms with Gasteiger partial charge in [-0.2, -0.15) is 0 Å². The van der Waals surface area contributed by atoms with E-state index < -0.39 is 0 Å². The lowest BCUT2D eigenvalue weighted by Crippen LogP contribution is -2.23. The molecule has 1 N–H and O–H groups in total. The van der Waals surface area contributed by atoms with Crippen molar-refractivity contribution in [2.75, 3.05) is 6.54 Å². The first-order chi connectivity index (χ1) is 8.08. The van der Waals surface area contributed by atoms with Crippen molar-refractivity contribution >= 4 is 0 Å². The zero-order chi connectivity index (χ0) is 12.8. The Morgan fingerprint density at radius 2 is 2.12 bits per heavy atom.